The highest BCUT2D eigenvalue weighted by atomic mass is 35.5. The average Bonchev–Trinajstić information content (AvgIpc) is 3.02. The van der Waals surface area contributed by atoms with Gasteiger partial charge in [0.2, 0.25) is 0 Å². The van der Waals surface area contributed by atoms with Gasteiger partial charge in [-0.25, -0.2) is 14.2 Å². The minimum Gasteiger partial charge on any atom is -0.455 e. The van der Waals surface area contributed by atoms with Crippen molar-refractivity contribution in [2.24, 2.45) is 0 Å². The second kappa shape index (κ2) is 7.63. The number of thiazole rings is 1. The summed E-state index contributed by atoms with van der Waals surface area (Å²) in [6, 6.07) is 11.9. The highest BCUT2D eigenvalue weighted by Gasteiger charge is 2.17. The van der Waals surface area contributed by atoms with Crippen molar-refractivity contribution >= 4 is 39.7 Å². The van der Waals surface area contributed by atoms with Crippen molar-refractivity contribution < 1.29 is 13.9 Å². The summed E-state index contributed by atoms with van der Waals surface area (Å²) in [5.74, 6) is -1.53. The monoisotopic (exact) mass is 376 g/mol. The lowest BCUT2D eigenvalue weighted by Crippen LogP contribution is -2.08. The molecule has 3 aromatic rings. The Hall–Kier alpha value is -2.44. The van der Waals surface area contributed by atoms with Crippen LogP contribution in [0.5, 0.6) is 0 Å². The molecule has 0 aliphatic carbocycles. The number of halogens is 2. The number of hydrogen-bond donors (Lipinski definition) is 1. The second-order valence-electron chi connectivity index (χ2n) is 5.31. The Bertz CT molecular complexity index is 876. The van der Waals surface area contributed by atoms with Gasteiger partial charge in [-0.2, -0.15) is 0 Å². The normalized spacial score (nSPS) is 10.5. The first-order chi connectivity index (χ1) is 12.0. The summed E-state index contributed by atoms with van der Waals surface area (Å²) in [6.07, 6.45) is 0. The molecule has 0 fully saturated rings. The van der Waals surface area contributed by atoms with Gasteiger partial charge >= 0.3 is 5.97 Å². The summed E-state index contributed by atoms with van der Waals surface area (Å²) in [5.41, 5.74) is 2.39. The maximum absolute atomic E-state index is 13.7. The Morgan fingerprint density at radius 2 is 2.04 bits per heavy atom. The Labute approximate surface area is 153 Å². The topological polar surface area (TPSA) is 51.2 Å². The number of aryl methyl sites for hydroxylation is 1. The fourth-order valence-electron chi connectivity index (χ4n) is 2.10. The minimum absolute atomic E-state index is 0.0185. The van der Waals surface area contributed by atoms with Gasteiger partial charge in [-0.05, 0) is 31.2 Å². The lowest BCUT2D eigenvalue weighted by atomic mass is 10.2. The Morgan fingerprint density at radius 1 is 1.28 bits per heavy atom. The average molecular weight is 377 g/mol. The van der Waals surface area contributed by atoms with Gasteiger partial charge in [0.1, 0.15) is 18.0 Å². The smallest absolute Gasteiger partial charge is 0.343 e. The third kappa shape index (κ3) is 4.35. The first kappa shape index (κ1) is 17.4. The van der Waals surface area contributed by atoms with Crippen molar-refractivity contribution in [2.75, 3.05) is 5.32 Å². The predicted molar refractivity (Wildman–Crippen MR) is 97.1 cm³/mol. The molecule has 4 nitrogen and oxygen atoms in total. The highest BCUT2D eigenvalue weighted by Crippen LogP contribution is 2.23. The number of carbonyl (C=O) groups is 1. The quantitative estimate of drug-likeness (QED) is 0.610. The van der Waals surface area contributed by atoms with E-state index in [0.29, 0.717) is 10.8 Å². The first-order valence-corrected chi connectivity index (χ1v) is 8.68. The van der Waals surface area contributed by atoms with E-state index in [9.17, 15) is 9.18 Å². The number of benzene rings is 2. The van der Waals surface area contributed by atoms with Gasteiger partial charge < -0.3 is 10.1 Å². The Kier molecular flexibility index (Phi) is 5.31. The van der Waals surface area contributed by atoms with Gasteiger partial charge in [-0.15, -0.1) is 11.3 Å². The Morgan fingerprint density at radius 3 is 2.76 bits per heavy atom. The first-order valence-electron chi connectivity index (χ1n) is 7.42. The standard InChI is InChI=1S/C18H14ClFN2O2S/c1-11-5-7-12(8-6-11)21-18-22-13(10-25-18)9-24-17(23)16-14(19)3-2-4-15(16)20/h2-8,10H,9H2,1H3,(H,21,22). The molecule has 3 rings (SSSR count). The molecule has 0 amide bonds. The van der Waals surface area contributed by atoms with Crippen molar-refractivity contribution in [3.8, 4) is 0 Å². The van der Waals surface area contributed by atoms with Crippen LogP contribution >= 0.6 is 22.9 Å². The summed E-state index contributed by atoms with van der Waals surface area (Å²) in [4.78, 5) is 16.3. The van der Waals surface area contributed by atoms with Crippen molar-refractivity contribution in [1.82, 2.24) is 4.98 Å². The van der Waals surface area contributed by atoms with Crippen LogP contribution in [0, 0.1) is 12.7 Å². The molecule has 0 atom stereocenters. The van der Waals surface area contributed by atoms with E-state index in [1.807, 2.05) is 31.2 Å². The van der Waals surface area contributed by atoms with Crippen LogP contribution in [-0.2, 0) is 11.3 Å². The van der Waals surface area contributed by atoms with E-state index < -0.39 is 11.8 Å². The van der Waals surface area contributed by atoms with E-state index in [1.165, 1.54) is 29.0 Å². The van der Waals surface area contributed by atoms with Gasteiger partial charge in [0.15, 0.2) is 5.13 Å². The van der Waals surface area contributed by atoms with E-state index in [4.69, 9.17) is 16.3 Å². The summed E-state index contributed by atoms with van der Waals surface area (Å²) in [6.45, 7) is 1.96. The lowest BCUT2D eigenvalue weighted by molar-refractivity contribution is 0.0463. The SMILES string of the molecule is Cc1ccc(Nc2nc(COC(=O)c3c(F)cccc3Cl)cs2)cc1. The van der Waals surface area contributed by atoms with Crippen LogP contribution < -0.4 is 5.32 Å². The maximum atomic E-state index is 13.7. The van der Waals surface area contributed by atoms with Crippen LogP contribution in [0.15, 0.2) is 47.8 Å². The molecule has 0 saturated carbocycles. The zero-order valence-electron chi connectivity index (χ0n) is 13.3. The largest absolute Gasteiger partial charge is 0.455 e. The molecule has 0 bridgehead atoms. The minimum atomic E-state index is -0.816. The number of nitrogens with one attached hydrogen (secondary N) is 1. The van der Waals surface area contributed by atoms with Crippen molar-refractivity contribution in [2.45, 2.75) is 13.5 Å². The molecule has 0 radical (unpaired) electrons. The zero-order valence-corrected chi connectivity index (χ0v) is 14.8. The number of aromatic nitrogens is 1. The second-order valence-corrected chi connectivity index (χ2v) is 6.57. The molecular formula is C18H14ClFN2O2S. The maximum Gasteiger partial charge on any atom is 0.343 e. The van der Waals surface area contributed by atoms with Crippen molar-refractivity contribution in [3.63, 3.8) is 0 Å². The third-order valence-electron chi connectivity index (χ3n) is 3.37. The molecule has 128 valence electrons. The number of nitrogens with zero attached hydrogens (tertiary/aromatic N) is 1. The van der Waals surface area contributed by atoms with Gasteiger partial charge in [0.25, 0.3) is 0 Å². The molecule has 0 unspecified atom stereocenters. The van der Waals surface area contributed by atoms with Crippen LogP contribution in [0.2, 0.25) is 5.02 Å². The van der Waals surface area contributed by atoms with E-state index in [-0.39, 0.29) is 17.2 Å². The number of rotatable bonds is 5. The zero-order chi connectivity index (χ0) is 17.8. The van der Waals surface area contributed by atoms with Crippen molar-refractivity contribution in [1.29, 1.82) is 0 Å². The fraction of sp³-hybridized carbons (Fsp3) is 0.111. The highest BCUT2D eigenvalue weighted by molar-refractivity contribution is 7.13. The molecule has 0 saturated heterocycles. The van der Waals surface area contributed by atoms with Crippen molar-refractivity contribution in [3.05, 3.63) is 75.5 Å². The molecule has 0 aliphatic rings. The molecule has 1 aromatic heterocycles. The third-order valence-corrected chi connectivity index (χ3v) is 4.49. The molecule has 1 N–H and O–H groups in total. The number of hydrogen-bond acceptors (Lipinski definition) is 5. The number of ether oxygens (including phenoxy) is 1. The summed E-state index contributed by atoms with van der Waals surface area (Å²) in [7, 11) is 0. The molecule has 2 aromatic carbocycles. The van der Waals surface area contributed by atoms with E-state index in [0.717, 1.165) is 11.8 Å². The van der Waals surface area contributed by atoms with Gasteiger partial charge in [0, 0.05) is 11.1 Å². The summed E-state index contributed by atoms with van der Waals surface area (Å²) < 4.78 is 18.8. The predicted octanol–water partition coefficient (Wildman–Crippen LogP) is 5.34. The summed E-state index contributed by atoms with van der Waals surface area (Å²) >= 11 is 7.24. The fourth-order valence-corrected chi connectivity index (χ4v) is 3.05. The number of esters is 1. The van der Waals surface area contributed by atoms with Crippen LogP contribution in [0.25, 0.3) is 0 Å². The van der Waals surface area contributed by atoms with Crippen LogP contribution in [-0.4, -0.2) is 11.0 Å². The molecule has 0 aliphatic heterocycles. The lowest BCUT2D eigenvalue weighted by Gasteiger charge is -2.06. The summed E-state index contributed by atoms with van der Waals surface area (Å²) in [5, 5.41) is 5.64. The van der Waals surface area contributed by atoms with Gasteiger partial charge in [-0.3, -0.25) is 0 Å². The van der Waals surface area contributed by atoms with Crippen LogP contribution in [0.3, 0.4) is 0 Å². The van der Waals surface area contributed by atoms with Gasteiger partial charge in [0.05, 0.1) is 10.7 Å². The number of anilines is 2. The molecule has 0 spiro atoms. The van der Waals surface area contributed by atoms with E-state index >= 15 is 0 Å². The molecule has 1 heterocycles. The van der Waals surface area contributed by atoms with Crippen LogP contribution in [0.4, 0.5) is 15.2 Å². The molecule has 25 heavy (non-hydrogen) atoms. The van der Waals surface area contributed by atoms with E-state index in [1.54, 1.807) is 5.38 Å². The van der Waals surface area contributed by atoms with E-state index in [2.05, 4.69) is 10.3 Å². The Balaban J connectivity index is 1.62. The van der Waals surface area contributed by atoms with Gasteiger partial charge in [-0.1, -0.05) is 35.4 Å². The number of carbonyl (C=O) groups excluding carboxylic acids is 1. The molecule has 7 heteroatoms. The van der Waals surface area contributed by atoms with Crippen LogP contribution in [0.1, 0.15) is 21.6 Å². The molecular weight excluding hydrogens is 363 g/mol.